The molecule has 0 radical (unpaired) electrons. The Labute approximate surface area is 199 Å². The third kappa shape index (κ3) is 5.69. The molecule has 1 saturated heterocycles. The molecule has 10 heteroatoms. The number of anilines is 4. The zero-order valence-corrected chi connectivity index (χ0v) is 20.1. The van der Waals surface area contributed by atoms with E-state index >= 15 is 0 Å². The minimum atomic E-state index is -3.58. The number of piperidine rings is 1. The van der Waals surface area contributed by atoms with E-state index in [9.17, 15) is 12.8 Å². The van der Waals surface area contributed by atoms with E-state index < -0.39 is 10.0 Å². The SMILES string of the molecule is CCN1CCC(N(C)S(=O)(=O)c2ccc(Nc3nccc(Nc4ccc(F)cc4)n3)cc2)CC1. The number of nitrogens with zero attached hydrogens (tertiary/aromatic N) is 4. The van der Waals surface area contributed by atoms with Gasteiger partial charge in [-0.2, -0.15) is 9.29 Å². The van der Waals surface area contributed by atoms with Gasteiger partial charge in [-0.15, -0.1) is 0 Å². The quantitative estimate of drug-likeness (QED) is 0.495. The van der Waals surface area contributed by atoms with E-state index in [1.54, 1.807) is 55.7 Å². The maximum absolute atomic E-state index is 13.1. The van der Waals surface area contributed by atoms with Crippen molar-refractivity contribution in [2.45, 2.75) is 30.7 Å². The van der Waals surface area contributed by atoms with Crippen LogP contribution < -0.4 is 10.6 Å². The number of sulfonamides is 1. The fraction of sp³-hybridized carbons (Fsp3) is 0.333. The van der Waals surface area contributed by atoms with Crippen molar-refractivity contribution in [1.29, 1.82) is 0 Å². The molecule has 0 aliphatic carbocycles. The third-order valence-electron chi connectivity index (χ3n) is 6.08. The lowest BCUT2D eigenvalue weighted by molar-refractivity contribution is 0.176. The Morgan fingerprint density at radius 2 is 1.62 bits per heavy atom. The second-order valence-electron chi connectivity index (χ2n) is 8.23. The highest BCUT2D eigenvalue weighted by Crippen LogP contribution is 2.25. The van der Waals surface area contributed by atoms with Crippen molar-refractivity contribution in [2.24, 2.45) is 0 Å². The fourth-order valence-electron chi connectivity index (χ4n) is 3.97. The zero-order chi connectivity index (χ0) is 24.1. The molecule has 2 N–H and O–H groups in total. The molecule has 0 spiro atoms. The van der Waals surface area contributed by atoms with Gasteiger partial charge in [0.25, 0.3) is 0 Å². The summed E-state index contributed by atoms with van der Waals surface area (Å²) in [6, 6.07) is 14.3. The summed E-state index contributed by atoms with van der Waals surface area (Å²) in [6.07, 6.45) is 3.27. The molecule has 0 saturated carbocycles. The number of hydrogen-bond acceptors (Lipinski definition) is 7. The Morgan fingerprint density at radius 1 is 1.00 bits per heavy atom. The van der Waals surface area contributed by atoms with Crippen LogP contribution >= 0.6 is 0 Å². The predicted octanol–water partition coefficient (Wildman–Crippen LogP) is 4.21. The van der Waals surface area contributed by atoms with Gasteiger partial charge >= 0.3 is 0 Å². The van der Waals surface area contributed by atoms with Crippen LogP contribution in [0, 0.1) is 5.82 Å². The molecule has 0 amide bonds. The summed E-state index contributed by atoms with van der Waals surface area (Å²) >= 11 is 0. The van der Waals surface area contributed by atoms with Gasteiger partial charge in [-0.25, -0.2) is 17.8 Å². The molecule has 2 aromatic carbocycles. The lowest BCUT2D eigenvalue weighted by Crippen LogP contribution is -2.45. The summed E-state index contributed by atoms with van der Waals surface area (Å²) in [5.74, 6) is 0.579. The average molecular weight is 485 g/mol. The largest absolute Gasteiger partial charge is 0.340 e. The van der Waals surface area contributed by atoms with Gasteiger partial charge in [0, 0.05) is 30.7 Å². The molecule has 1 aliphatic rings. The van der Waals surface area contributed by atoms with E-state index in [1.807, 2.05) is 0 Å². The Bertz CT molecular complexity index is 1200. The third-order valence-corrected chi connectivity index (χ3v) is 8.00. The van der Waals surface area contributed by atoms with Crippen molar-refractivity contribution >= 4 is 33.2 Å². The van der Waals surface area contributed by atoms with Crippen molar-refractivity contribution in [3.05, 3.63) is 66.6 Å². The molecule has 0 bridgehead atoms. The first kappa shape index (κ1) is 24.1. The Morgan fingerprint density at radius 3 is 2.26 bits per heavy atom. The molecule has 0 unspecified atom stereocenters. The monoisotopic (exact) mass is 484 g/mol. The van der Waals surface area contributed by atoms with Gasteiger partial charge in [-0.05, 0) is 87.1 Å². The molecule has 1 aliphatic heterocycles. The molecule has 2 heterocycles. The molecule has 1 aromatic heterocycles. The number of rotatable bonds is 8. The number of aromatic nitrogens is 2. The van der Waals surface area contributed by atoms with Crippen LogP contribution in [-0.4, -0.2) is 60.3 Å². The standard InChI is InChI=1S/C24H29FN6O2S/c1-3-31-16-13-21(14-17-31)30(2)34(32,33)22-10-8-20(9-11-22)28-24-26-15-12-23(29-24)27-19-6-4-18(25)5-7-19/h4-12,15,21H,3,13-14,16-17H2,1-2H3,(H2,26,27,28,29). The zero-order valence-electron chi connectivity index (χ0n) is 19.3. The van der Waals surface area contributed by atoms with Crippen LogP contribution in [0.5, 0.6) is 0 Å². The lowest BCUT2D eigenvalue weighted by atomic mass is 10.1. The topological polar surface area (TPSA) is 90.5 Å². The summed E-state index contributed by atoms with van der Waals surface area (Å²) in [7, 11) is -1.91. The Kier molecular flexibility index (Phi) is 7.40. The number of halogens is 1. The normalized spacial score (nSPS) is 15.4. The second-order valence-corrected chi connectivity index (χ2v) is 10.2. The van der Waals surface area contributed by atoms with E-state index in [0.717, 1.165) is 32.5 Å². The molecule has 180 valence electrons. The lowest BCUT2D eigenvalue weighted by Gasteiger charge is -2.35. The summed E-state index contributed by atoms with van der Waals surface area (Å²) < 4.78 is 40.9. The first-order valence-corrected chi connectivity index (χ1v) is 12.7. The van der Waals surface area contributed by atoms with Crippen LogP contribution in [0.1, 0.15) is 19.8 Å². The summed E-state index contributed by atoms with van der Waals surface area (Å²) in [6.45, 7) is 4.95. The number of benzene rings is 2. The molecule has 34 heavy (non-hydrogen) atoms. The van der Waals surface area contributed by atoms with Gasteiger partial charge in [0.1, 0.15) is 11.6 Å². The minimum Gasteiger partial charge on any atom is -0.340 e. The number of nitrogens with one attached hydrogen (secondary N) is 2. The highest BCUT2D eigenvalue weighted by Gasteiger charge is 2.30. The van der Waals surface area contributed by atoms with Crippen molar-refractivity contribution in [2.75, 3.05) is 37.3 Å². The molecule has 4 rings (SSSR count). The molecule has 8 nitrogen and oxygen atoms in total. The summed E-state index contributed by atoms with van der Waals surface area (Å²) in [5, 5.41) is 6.18. The van der Waals surface area contributed by atoms with Crippen LogP contribution in [0.3, 0.4) is 0 Å². The van der Waals surface area contributed by atoms with Gasteiger partial charge in [-0.1, -0.05) is 6.92 Å². The van der Waals surface area contributed by atoms with Gasteiger partial charge in [0.15, 0.2) is 0 Å². The van der Waals surface area contributed by atoms with E-state index in [4.69, 9.17) is 0 Å². The molecule has 0 atom stereocenters. The Balaban J connectivity index is 1.41. The summed E-state index contributed by atoms with van der Waals surface area (Å²) in [4.78, 5) is 11.2. The highest BCUT2D eigenvalue weighted by molar-refractivity contribution is 7.89. The van der Waals surface area contributed by atoms with Crippen molar-refractivity contribution in [3.63, 3.8) is 0 Å². The number of likely N-dealkylation sites (tertiary alicyclic amines) is 1. The molecular formula is C24H29FN6O2S. The van der Waals surface area contributed by atoms with Crippen LogP contribution in [0.25, 0.3) is 0 Å². The smallest absolute Gasteiger partial charge is 0.243 e. The Hall–Kier alpha value is -3.08. The first-order chi connectivity index (χ1) is 16.3. The van der Waals surface area contributed by atoms with E-state index in [-0.39, 0.29) is 16.8 Å². The molecule has 3 aromatic rings. The molecular weight excluding hydrogens is 455 g/mol. The van der Waals surface area contributed by atoms with Crippen molar-refractivity contribution in [1.82, 2.24) is 19.2 Å². The van der Waals surface area contributed by atoms with Crippen molar-refractivity contribution < 1.29 is 12.8 Å². The minimum absolute atomic E-state index is 0.00958. The predicted molar refractivity (Wildman–Crippen MR) is 132 cm³/mol. The van der Waals surface area contributed by atoms with Gasteiger partial charge in [0.05, 0.1) is 4.90 Å². The van der Waals surface area contributed by atoms with Crippen LogP contribution in [0.15, 0.2) is 65.7 Å². The van der Waals surface area contributed by atoms with Crippen LogP contribution in [0.4, 0.5) is 27.5 Å². The maximum Gasteiger partial charge on any atom is 0.243 e. The van der Waals surface area contributed by atoms with Crippen LogP contribution in [-0.2, 0) is 10.0 Å². The number of hydrogen-bond donors (Lipinski definition) is 2. The maximum atomic E-state index is 13.1. The van der Waals surface area contributed by atoms with Gasteiger partial charge in [-0.3, -0.25) is 0 Å². The van der Waals surface area contributed by atoms with E-state index in [2.05, 4.69) is 32.4 Å². The van der Waals surface area contributed by atoms with Gasteiger partial charge in [0.2, 0.25) is 16.0 Å². The van der Waals surface area contributed by atoms with Gasteiger partial charge < -0.3 is 15.5 Å². The van der Waals surface area contributed by atoms with E-state index in [0.29, 0.717) is 23.1 Å². The second kappa shape index (κ2) is 10.5. The fourth-order valence-corrected chi connectivity index (χ4v) is 5.39. The highest BCUT2D eigenvalue weighted by atomic mass is 32.2. The summed E-state index contributed by atoms with van der Waals surface area (Å²) in [5.41, 5.74) is 1.36. The molecule has 1 fully saturated rings. The average Bonchev–Trinajstić information content (AvgIpc) is 2.85. The first-order valence-electron chi connectivity index (χ1n) is 11.3. The van der Waals surface area contributed by atoms with Crippen LogP contribution in [0.2, 0.25) is 0 Å². The van der Waals surface area contributed by atoms with E-state index in [1.165, 1.54) is 16.4 Å². The van der Waals surface area contributed by atoms with Crippen molar-refractivity contribution in [3.8, 4) is 0 Å².